The number of imidazole rings is 1. The van der Waals surface area contributed by atoms with Crippen LogP contribution in [0.2, 0.25) is 5.02 Å². The molecule has 1 aliphatic rings. The van der Waals surface area contributed by atoms with Crippen LogP contribution in [0.1, 0.15) is 32.4 Å². The first kappa shape index (κ1) is 24.1. The quantitative estimate of drug-likeness (QED) is 0.317. The summed E-state index contributed by atoms with van der Waals surface area (Å²) in [5.74, 6) is 0.986. The summed E-state index contributed by atoms with van der Waals surface area (Å²) in [6.45, 7) is 7.63. The molecule has 0 aliphatic carbocycles. The molecule has 1 aliphatic heterocycles. The number of anilines is 2. The van der Waals surface area contributed by atoms with Crippen LogP contribution in [0.5, 0.6) is 5.88 Å². The summed E-state index contributed by atoms with van der Waals surface area (Å²) in [5.41, 5.74) is 1.77. The van der Waals surface area contributed by atoms with E-state index in [1.165, 1.54) is 0 Å². The first-order chi connectivity index (χ1) is 17.3. The Labute approximate surface area is 212 Å². The Morgan fingerprint density at radius 3 is 2.78 bits per heavy atom. The van der Waals surface area contributed by atoms with Gasteiger partial charge in [-0.15, -0.1) is 0 Å². The van der Waals surface area contributed by atoms with Crippen LogP contribution in [-0.2, 0) is 0 Å². The number of aromatic amines is 2. The number of aromatic nitrogens is 5. The molecule has 0 amide bonds. The molecule has 0 saturated carbocycles. The van der Waals surface area contributed by atoms with E-state index in [4.69, 9.17) is 21.6 Å². The zero-order valence-electron chi connectivity index (χ0n) is 20.2. The van der Waals surface area contributed by atoms with E-state index in [1.54, 1.807) is 16.8 Å². The minimum atomic E-state index is -0.494. The molecule has 4 heterocycles. The molecule has 1 fully saturated rings. The molecule has 0 radical (unpaired) electrons. The minimum absolute atomic E-state index is 0.180. The summed E-state index contributed by atoms with van der Waals surface area (Å²) in [6.07, 6.45) is 5.22. The molecule has 1 saturated heterocycles. The van der Waals surface area contributed by atoms with E-state index in [0.29, 0.717) is 33.1 Å². The molecule has 4 N–H and O–H groups in total. The topological polar surface area (TPSA) is 127 Å². The van der Waals surface area contributed by atoms with Gasteiger partial charge in [0.15, 0.2) is 11.1 Å². The van der Waals surface area contributed by atoms with Gasteiger partial charge in [-0.05, 0) is 43.0 Å². The molecule has 4 aromatic rings. The fraction of sp³-hybridized carbons (Fsp3) is 0.360. The number of aromatic hydroxyl groups is 1. The summed E-state index contributed by atoms with van der Waals surface area (Å²) < 4.78 is 1.69. The highest BCUT2D eigenvalue weighted by atomic mass is 35.5. The molecular weight excluding hydrogens is 480 g/mol. The molecule has 0 bridgehead atoms. The molecule has 0 spiro atoms. The van der Waals surface area contributed by atoms with Crippen LogP contribution < -0.4 is 21.7 Å². The van der Waals surface area contributed by atoms with Gasteiger partial charge in [0.25, 0.3) is 0 Å². The largest absolute Gasteiger partial charge is 0.493 e. The van der Waals surface area contributed by atoms with Crippen molar-refractivity contribution in [2.75, 3.05) is 25.0 Å². The van der Waals surface area contributed by atoms with Crippen LogP contribution >= 0.6 is 11.6 Å². The molecule has 10 nitrogen and oxygen atoms in total. The minimum Gasteiger partial charge on any atom is -0.493 e. The number of benzene rings is 1. The molecule has 0 atom stereocenters. The molecule has 11 heteroatoms. The van der Waals surface area contributed by atoms with Crippen molar-refractivity contribution in [3.8, 4) is 5.88 Å². The summed E-state index contributed by atoms with van der Waals surface area (Å²) in [6, 6.07) is 9.46. The second-order valence-corrected chi connectivity index (χ2v) is 9.95. The number of halogens is 1. The smallest absolute Gasteiger partial charge is 0.326 e. The van der Waals surface area contributed by atoms with E-state index in [2.05, 4.69) is 39.1 Å². The summed E-state index contributed by atoms with van der Waals surface area (Å²) in [7, 11) is 0. The normalized spacial score (nSPS) is 16.4. The van der Waals surface area contributed by atoms with E-state index in [-0.39, 0.29) is 17.6 Å². The third-order valence-electron chi connectivity index (χ3n) is 6.11. The van der Waals surface area contributed by atoms with Gasteiger partial charge in [0, 0.05) is 41.6 Å². The number of H-pyrrole nitrogens is 2. The lowest BCUT2D eigenvalue weighted by Gasteiger charge is -2.31. The van der Waals surface area contributed by atoms with Crippen LogP contribution in [0.3, 0.4) is 0 Å². The SMILES string of the molecule is CC(C)CN1CCC(N=c2cc(Nc3cccc(Cl)c3)nc3c(=Cc4[nH]c(=O)[nH]c4O)cnn23)CC1. The number of nitrogens with one attached hydrogen (secondary N) is 3. The second kappa shape index (κ2) is 10.2. The average molecular weight is 509 g/mol. The van der Waals surface area contributed by atoms with Gasteiger partial charge in [-0.3, -0.25) is 9.98 Å². The molecule has 36 heavy (non-hydrogen) atoms. The Kier molecular flexibility index (Phi) is 6.80. The van der Waals surface area contributed by atoms with Gasteiger partial charge in [-0.25, -0.2) is 9.78 Å². The third kappa shape index (κ3) is 5.44. The van der Waals surface area contributed by atoms with Gasteiger partial charge in [0.2, 0.25) is 5.88 Å². The zero-order valence-corrected chi connectivity index (χ0v) is 21.0. The molecule has 0 unspecified atom stereocenters. The number of nitrogens with zero attached hydrogens (tertiary/aromatic N) is 5. The van der Waals surface area contributed by atoms with Crippen LogP contribution in [0.15, 0.2) is 46.3 Å². The third-order valence-corrected chi connectivity index (χ3v) is 6.34. The fourth-order valence-electron chi connectivity index (χ4n) is 4.52. The van der Waals surface area contributed by atoms with Crippen molar-refractivity contribution in [3.63, 3.8) is 0 Å². The monoisotopic (exact) mass is 508 g/mol. The van der Waals surface area contributed by atoms with Crippen LogP contribution in [0.4, 0.5) is 11.5 Å². The number of rotatable bonds is 6. The van der Waals surface area contributed by atoms with E-state index in [1.807, 2.05) is 30.3 Å². The number of fused-ring (bicyclic) bond motifs is 1. The highest BCUT2D eigenvalue weighted by molar-refractivity contribution is 6.30. The van der Waals surface area contributed by atoms with Gasteiger partial charge < -0.3 is 20.3 Å². The van der Waals surface area contributed by atoms with Crippen molar-refractivity contribution in [1.29, 1.82) is 0 Å². The second-order valence-electron chi connectivity index (χ2n) is 9.51. The number of piperidine rings is 1. The van der Waals surface area contributed by atoms with E-state index >= 15 is 0 Å². The van der Waals surface area contributed by atoms with Crippen molar-refractivity contribution < 1.29 is 5.11 Å². The van der Waals surface area contributed by atoms with Gasteiger partial charge in [-0.1, -0.05) is 31.5 Å². The molecule has 3 aromatic heterocycles. The zero-order chi connectivity index (χ0) is 25.2. The Bertz CT molecular complexity index is 1550. The van der Waals surface area contributed by atoms with Crippen LogP contribution in [0, 0.1) is 5.92 Å². The molecule has 5 rings (SSSR count). The first-order valence-electron chi connectivity index (χ1n) is 12.0. The van der Waals surface area contributed by atoms with Crippen molar-refractivity contribution in [2.45, 2.75) is 32.7 Å². The highest BCUT2D eigenvalue weighted by Crippen LogP contribution is 2.19. The Balaban J connectivity index is 1.56. The van der Waals surface area contributed by atoms with Crippen molar-refractivity contribution >= 4 is 34.8 Å². The van der Waals surface area contributed by atoms with Crippen LogP contribution in [0.25, 0.3) is 11.7 Å². The predicted molar refractivity (Wildman–Crippen MR) is 139 cm³/mol. The lowest BCUT2D eigenvalue weighted by molar-refractivity contribution is 0.192. The van der Waals surface area contributed by atoms with Gasteiger partial charge in [0.05, 0.1) is 12.2 Å². The van der Waals surface area contributed by atoms with Gasteiger partial charge in [-0.2, -0.15) is 9.61 Å². The van der Waals surface area contributed by atoms with Crippen LogP contribution in [-0.4, -0.2) is 60.2 Å². The van der Waals surface area contributed by atoms with Gasteiger partial charge >= 0.3 is 5.69 Å². The summed E-state index contributed by atoms with van der Waals surface area (Å²) >= 11 is 6.17. The maximum absolute atomic E-state index is 11.6. The molecule has 1 aromatic carbocycles. The van der Waals surface area contributed by atoms with Crippen molar-refractivity contribution in [2.24, 2.45) is 10.9 Å². The molecular formula is C25H29ClN8O2. The standard InChI is InChI=1S/C25H29ClN8O2/c1-15(2)14-33-8-6-18(7-9-33)29-22-12-21(28-19-5-3-4-17(26)11-19)31-23-16(13-27-34(22)23)10-20-24(35)32-25(36)30-20/h3-5,10-13,15,18,28,35H,6-9,14H2,1-2H3,(H2,30,32,36). The Morgan fingerprint density at radius 1 is 1.28 bits per heavy atom. The Morgan fingerprint density at radius 2 is 2.08 bits per heavy atom. The van der Waals surface area contributed by atoms with E-state index in [0.717, 1.165) is 38.2 Å². The summed E-state index contributed by atoms with van der Waals surface area (Å²) in [5, 5.41) is 19.1. The fourth-order valence-corrected chi connectivity index (χ4v) is 4.71. The first-order valence-corrected chi connectivity index (χ1v) is 12.4. The van der Waals surface area contributed by atoms with Gasteiger partial charge in [0.1, 0.15) is 11.5 Å². The van der Waals surface area contributed by atoms with E-state index < -0.39 is 5.69 Å². The maximum atomic E-state index is 11.6. The maximum Gasteiger partial charge on any atom is 0.326 e. The lowest BCUT2D eigenvalue weighted by Crippen LogP contribution is -2.38. The van der Waals surface area contributed by atoms with Crippen molar-refractivity contribution in [1.82, 2.24) is 29.5 Å². The predicted octanol–water partition coefficient (Wildman–Crippen LogP) is 2.42. The number of hydrogen-bond acceptors (Lipinski definition) is 7. The summed E-state index contributed by atoms with van der Waals surface area (Å²) in [4.78, 5) is 28.8. The molecule has 188 valence electrons. The lowest BCUT2D eigenvalue weighted by atomic mass is 10.0. The highest BCUT2D eigenvalue weighted by Gasteiger charge is 2.19. The Hall–Kier alpha value is -3.63. The average Bonchev–Trinajstić information content (AvgIpc) is 3.37. The van der Waals surface area contributed by atoms with E-state index in [9.17, 15) is 9.90 Å². The number of likely N-dealkylation sites (tertiary alicyclic amines) is 1. The number of hydrogen-bond donors (Lipinski definition) is 4. The van der Waals surface area contributed by atoms with Crippen molar-refractivity contribution in [3.05, 3.63) is 68.4 Å².